The van der Waals surface area contributed by atoms with Crippen molar-refractivity contribution in [3.05, 3.63) is 54.0 Å². The Morgan fingerprint density at radius 3 is 2.61 bits per heavy atom. The van der Waals surface area contributed by atoms with Gasteiger partial charge in [-0.15, -0.1) is 0 Å². The lowest BCUT2D eigenvalue weighted by Crippen LogP contribution is -2.42. The zero-order chi connectivity index (χ0) is 19.9. The van der Waals surface area contributed by atoms with Crippen LogP contribution in [0.15, 0.2) is 47.1 Å². The average molecular weight is 385 g/mol. The van der Waals surface area contributed by atoms with Crippen LogP contribution in [-0.4, -0.2) is 49.0 Å². The largest absolute Gasteiger partial charge is 0.496 e. The standard InChI is InChI=1S/C23H32N2O3/c1-18(2)15-25(23(26)22-9-6-14-28-22)16-19-10-12-24(13-11-19)17-20-7-4-5-8-21(20)27-3/h4-9,14,18-19H,10-13,15-17H2,1-3H3. The van der Waals surface area contributed by atoms with Crippen LogP contribution in [0.4, 0.5) is 0 Å². The minimum atomic E-state index is 0.00940. The van der Waals surface area contributed by atoms with E-state index in [-0.39, 0.29) is 5.91 Å². The quantitative estimate of drug-likeness (QED) is 0.681. The van der Waals surface area contributed by atoms with E-state index in [1.165, 1.54) is 5.56 Å². The molecule has 0 unspecified atom stereocenters. The van der Waals surface area contributed by atoms with Crippen molar-refractivity contribution in [3.8, 4) is 5.75 Å². The second-order valence-corrected chi connectivity index (χ2v) is 8.11. The lowest BCUT2D eigenvalue weighted by molar-refractivity contribution is 0.0632. The molecule has 1 aliphatic rings. The molecule has 1 aromatic carbocycles. The van der Waals surface area contributed by atoms with Crippen molar-refractivity contribution >= 4 is 5.91 Å². The first-order valence-corrected chi connectivity index (χ1v) is 10.2. The monoisotopic (exact) mass is 384 g/mol. The second kappa shape index (κ2) is 9.78. The summed E-state index contributed by atoms with van der Waals surface area (Å²) < 4.78 is 10.8. The van der Waals surface area contributed by atoms with E-state index in [0.717, 1.165) is 51.3 Å². The Hall–Kier alpha value is -2.27. The van der Waals surface area contributed by atoms with E-state index in [1.54, 1.807) is 25.5 Å². The number of nitrogens with zero attached hydrogens (tertiary/aromatic N) is 2. The van der Waals surface area contributed by atoms with Gasteiger partial charge in [0.25, 0.3) is 5.91 Å². The van der Waals surface area contributed by atoms with Crippen molar-refractivity contribution in [1.29, 1.82) is 0 Å². The third-order valence-corrected chi connectivity index (χ3v) is 5.38. The van der Waals surface area contributed by atoms with Crippen LogP contribution >= 0.6 is 0 Å². The first-order valence-electron chi connectivity index (χ1n) is 10.2. The van der Waals surface area contributed by atoms with Crippen LogP contribution in [0.5, 0.6) is 5.75 Å². The van der Waals surface area contributed by atoms with Gasteiger partial charge in [0.2, 0.25) is 0 Å². The van der Waals surface area contributed by atoms with Crippen molar-refractivity contribution in [3.63, 3.8) is 0 Å². The summed E-state index contributed by atoms with van der Waals surface area (Å²) in [5.74, 6) is 2.37. The molecular weight excluding hydrogens is 352 g/mol. The van der Waals surface area contributed by atoms with Crippen LogP contribution in [0.1, 0.15) is 42.8 Å². The summed E-state index contributed by atoms with van der Waals surface area (Å²) in [7, 11) is 1.73. The molecule has 152 valence electrons. The molecule has 1 amide bonds. The van der Waals surface area contributed by atoms with Gasteiger partial charge in [-0.05, 0) is 56.0 Å². The first-order chi connectivity index (χ1) is 13.6. The number of carbonyl (C=O) groups is 1. The summed E-state index contributed by atoms with van der Waals surface area (Å²) in [6, 6.07) is 11.8. The zero-order valence-corrected chi connectivity index (χ0v) is 17.3. The Morgan fingerprint density at radius 2 is 1.96 bits per heavy atom. The summed E-state index contributed by atoms with van der Waals surface area (Å²) in [6.07, 6.45) is 3.78. The number of rotatable bonds is 8. The number of para-hydroxylation sites is 1. The molecule has 0 saturated carbocycles. The number of furan rings is 1. The Balaban J connectivity index is 1.55. The van der Waals surface area contributed by atoms with E-state index in [0.29, 0.717) is 17.6 Å². The van der Waals surface area contributed by atoms with Gasteiger partial charge in [-0.25, -0.2) is 0 Å². The number of ether oxygens (including phenoxy) is 1. The van der Waals surface area contributed by atoms with Crippen molar-refractivity contribution in [2.75, 3.05) is 33.3 Å². The Kier molecular flexibility index (Phi) is 7.15. The summed E-state index contributed by atoms with van der Waals surface area (Å²) >= 11 is 0. The van der Waals surface area contributed by atoms with Crippen molar-refractivity contribution in [1.82, 2.24) is 9.80 Å². The van der Waals surface area contributed by atoms with E-state index in [1.807, 2.05) is 17.0 Å². The normalized spacial score (nSPS) is 15.7. The summed E-state index contributed by atoms with van der Waals surface area (Å²) in [4.78, 5) is 17.3. The maximum atomic E-state index is 12.8. The van der Waals surface area contributed by atoms with E-state index in [4.69, 9.17) is 9.15 Å². The number of benzene rings is 1. The van der Waals surface area contributed by atoms with Crippen LogP contribution < -0.4 is 4.74 Å². The van der Waals surface area contributed by atoms with Gasteiger partial charge < -0.3 is 14.1 Å². The predicted molar refractivity (Wildman–Crippen MR) is 110 cm³/mol. The maximum Gasteiger partial charge on any atom is 0.289 e. The van der Waals surface area contributed by atoms with Crippen LogP contribution in [0.25, 0.3) is 0 Å². The van der Waals surface area contributed by atoms with E-state index >= 15 is 0 Å². The van der Waals surface area contributed by atoms with Gasteiger partial charge in [0.05, 0.1) is 13.4 Å². The highest BCUT2D eigenvalue weighted by Gasteiger charge is 2.26. The smallest absolute Gasteiger partial charge is 0.289 e. The highest BCUT2D eigenvalue weighted by molar-refractivity contribution is 5.91. The van der Waals surface area contributed by atoms with E-state index in [9.17, 15) is 4.79 Å². The third kappa shape index (κ3) is 5.38. The molecule has 28 heavy (non-hydrogen) atoms. The lowest BCUT2D eigenvalue weighted by Gasteiger charge is -2.35. The SMILES string of the molecule is COc1ccccc1CN1CCC(CN(CC(C)C)C(=O)c2ccco2)CC1. The van der Waals surface area contributed by atoms with Gasteiger partial charge in [-0.3, -0.25) is 9.69 Å². The summed E-state index contributed by atoms with van der Waals surface area (Å²) in [5, 5.41) is 0. The molecule has 5 nitrogen and oxygen atoms in total. The number of piperidine rings is 1. The number of hydrogen-bond donors (Lipinski definition) is 0. The van der Waals surface area contributed by atoms with Crippen molar-refractivity contribution < 1.29 is 13.9 Å². The molecule has 0 N–H and O–H groups in total. The Bertz CT molecular complexity index is 734. The number of hydrogen-bond acceptors (Lipinski definition) is 4. The molecular formula is C23H32N2O3. The van der Waals surface area contributed by atoms with Crippen LogP contribution in [0.3, 0.4) is 0 Å². The average Bonchev–Trinajstić information content (AvgIpc) is 3.23. The fourth-order valence-electron chi connectivity index (χ4n) is 3.95. The number of likely N-dealkylation sites (tertiary alicyclic amines) is 1. The lowest BCUT2D eigenvalue weighted by atomic mass is 9.95. The summed E-state index contributed by atoms with van der Waals surface area (Å²) in [6.45, 7) is 8.88. The highest BCUT2D eigenvalue weighted by atomic mass is 16.5. The van der Waals surface area contributed by atoms with Gasteiger partial charge in [0.1, 0.15) is 5.75 Å². The maximum absolute atomic E-state index is 12.8. The summed E-state index contributed by atoms with van der Waals surface area (Å²) in [5.41, 5.74) is 1.23. The molecule has 3 rings (SSSR count). The molecule has 1 aliphatic heterocycles. The highest BCUT2D eigenvalue weighted by Crippen LogP contribution is 2.24. The van der Waals surface area contributed by atoms with Crippen LogP contribution in [-0.2, 0) is 6.54 Å². The van der Waals surface area contributed by atoms with Gasteiger partial charge in [-0.1, -0.05) is 32.0 Å². The number of amides is 1. The van der Waals surface area contributed by atoms with Crippen molar-refractivity contribution in [2.45, 2.75) is 33.2 Å². The molecule has 0 bridgehead atoms. The molecule has 2 heterocycles. The van der Waals surface area contributed by atoms with Gasteiger partial charge in [0.15, 0.2) is 5.76 Å². The van der Waals surface area contributed by atoms with Gasteiger partial charge in [0, 0.05) is 25.2 Å². The number of carbonyl (C=O) groups excluding carboxylic acids is 1. The van der Waals surface area contributed by atoms with Crippen molar-refractivity contribution in [2.24, 2.45) is 11.8 Å². The predicted octanol–water partition coefficient (Wildman–Crippen LogP) is 4.30. The molecule has 0 atom stereocenters. The topological polar surface area (TPSA) is 45.9 Å². The molecule has 5 heteroatoms. The molecule has 0 spiro atoms. The second-order valence-electron chi connectivity index (χ2n) is 8.11. The molecule has 1 aromatic heterocycles. The molecule has 0 aliphatic carbocycles. The molecule has 0 radical (unpaired) electrons. The molecule has 1 fully saturated rings. The fourth-order valence-corrected chi connectivity index (χ4v) is 3.95. The minimum absolute atomic E-state index is 0.00940. The van der Waals surface area contributed by atoms with Crippen LogP contribution in [0.2, 0.25) is 0 Å². The van der Waals surface area contributed by atoms with E-state index in [2.05, 4.69) is 30.9 Å². The Morgan fingerprint density at radius 1 is 1.21 bits per heavy atom. The van der Waals surface area contributed by atoms with Crippen LogP contribution in [0, 0.1) is 11.8 Å². The first kappa shape index (κ1) is 20.5. The third-order valence-electron chi connectivity index (χ3n) is 5.38. The minimum Gasteiger partial charge on any atom is -0.496 e. The van der Waals surface area contributed by atoms with E-state index < -0.39 is 0 Å². The zero-order valence-electron chi connectivity index (χ0n) is 17.3. The Labute approximate surface area is 168 Å². The van der Waals surface area contributed by atoms with Gasteiger partial charge in [-0.2, -0.15) is 0 Å². The molecule has 2 aromatic rings. The van der Waals surface area contributed by atoms with Gasteiger partial charge >= 0.3 is 0 Å². The number of methoxy groups -OCH3 is 1. The fraction of sp³-hybridized carbons (Fsp3) is 0.522. The molecule has 1 saturated heterocycles.